The molecule has 1 aromatic rings. The first kappa shape index (κ1) is 17.5. The minimum atomic E-state index is -0.307. The number of esters is 1. The largest absolute Gasteiger partial charge is 0.466 e. The first-order valence-corrected chi connectivity index (χ1v) is 8.63. The van der Waals surface area contributed by atoms with Crippen LogP contribution in [0.1, 0.15) is 36.5 Å². The molecule has 0 aromatic heterocycles. The lowest BCUT2D eigenvalue weighted by atomic mass is 10.1. The molecular weight excluding hydrogens is 326 g/mol. The van der Waals surface area contributed by atoms with Crippen LogP contribution in [0.25, 0.3) is 0 Å². The molecule has 136 valence electrons. The van der Waals surface area contributed by atoms with Gasteiger partial charge in [0, 0.05) is 25.3 Å². The molecule has 0 N–H and O–H groups in total. The number of hydrogen-bond acceptors (Lipinski definition) is 6. The van der Waals surface area contributed by atoms with Crippen molar-refractivity contribution in [2.45, 2.75) is 32.3 Å². The van der Waals surface area contributed by atoms with Crippen LogP contribution in [0.5, 0.6) is 11.5 Å². The maximum absolute atomic E-state index is 12.9. The third kappa shape index (κ3) is 4.42. The molecule has 25 heavy (non-hydrogen) atoms. The van der Waals surface area contributed by atoms with Gasteiger partial charge in [0.15, 0.2) is 11.5 Å². The summed E-state index contributed by atoms with van der Waals surface area (Å²) < 4.78 is 21.2. The third-order valence-corrected chi connectivity index (χ3v) is 4.25. The monoisotopic (exact) mass is 349 g/mol. The molecule has 3 rings (SSSR count). The molecule has 2 heterocycles. The van der Waals surface area contributed by atoms with Crippen LogP contribution in [0.4, 0.5) is 0 Å². The van der Waals surface area contributed by atoms with Crippen LogP contribution in [0, 0.1) is 0 Å². The maximum Gasteiger partial charge on any atom is 0.307 e. The van der Waals surface area contributed by atoms with Crippen LogP contribution < -0.4 is 9.47 Å². The average Bonchev–Trinajstić information content (AvgIpc) is 3.28. The summed E-state index contributed by atoms with van der Waals surface area (Å²) in [4.78, 5) is 26.3. The van der Waals surface area contributed by atoms with E-state index in [0.29, 0.717) is 43.4 Å². The molecule has 1 atom stereocenters. The van der Waals surface area contributed by atoms with Crippen molar-refractivity contribution in [2.24, 2.45) is 0 Å². The van der Waals surface area contributed by atoms with E-state index < -0.39 is 0 Å². The first-order valence-electron chi connectivity index (χ1n) is 8.63. The lowest BCUT2D eigenvalue weighted by molar-refractivity contribution is -0.143. The zero-order valence-electron chi connectivity index (χ0n) is 14.4. The molecule has 0 aliphatic carbocycles. The fourth-order valence-corrected chi connectivity index (χ4v) is 2.98. The highest BCUT2D eigenvalue weighted by Crippen LogP contribution is 2.33. The van der Waals surface area contributed by atoms with Gasteiger partial charge in [-0.2, -0.15) is 0 Å². The van der Waals surface area contributed by atoms with E-state index in [2.05, 4.69) is 0 Å². The predicted molar refractivity (Wildman–Crippen MR) is 88.7 cm³/mol. The maximum atomic E-state index is 12.9. The van der Waals surface area contributed by atoms with Gasteiger partial charge in [0.25, 0.3) is 5.91 Å². The second-order valence-electron chi connectivity index (χ2n) is 6.01. The molecular formula is C18H23NO6. The van der Waals surface area contributed by atoms with E-state index in [1.807, 2.05) is 0 Å². The Bertz CT molecular complexity index is 626. The Kier molecular flexibility index (Phi) is 5.75. The highest BCUT2D eigenvalue weighted by Gasteiger charge is 2.25. The van der Waals surface area contributed by atoms with Gasteiger partial charge in [-0.15, -0.1) is 0 Å². The Morgan fingerprint density at radius 3 is 2.88 bits per heavy atom. The van der Waals surface area contributed by atoms with E-state index in [9.17, 15) is 9.59 Å². The number of ether oxygens (including phenoxy) is 4. The van der Waals surface area contributed by atoms with Crippen LogP contribution in [-0.2, 0) is 14.3 Å². The Balaban J connectivity index is 1.69. The molecule has 1 unspecified atom stereocenters. The summed E-state index contributed by atoms with van der Waals surface area (Å²) in [7, 11) is 0. The summed E-state index contributed by atoms with van der Waals surface area (Å²) in [5, 5.41) is 0. The minimum absolute atomic E-state index is 0.0140. The Labute approximate surface area is 146 Å². The summed E-state index contributed by atoms with van der Waals surface area (Å²) in [6.07, 6.45) is 2.09. The van der Waals surface area contributed by atoms with Gasteiger partial charge in [-0.3, -0.25) is 9.59 Å². The number of hydrogen-bond donors (Lipinski definition) is 0. The lowest BCUT2D eigenvalue weighted by Gasteiger charge is -2.25. The SMILES string of the molecule is CCOC(=O)CCN(CC1CCCO1)C(=O)c1ccc2c(c1)OCO2. The smallest absolute Gasteiger partial charge is 0.307 e. The van der Waals surface area contributed by atoms with E-state index in [4.69, 9.17) is 18.9 Å². The molecule has 2 aliphatic rings. The van der Waals surface area contributed by atoms with Crippen LogP contribution in [0.3, 0.4) is 0 Å². The molecule has 0 radical (unpaired) electrons. The number of carbonyl (C=O) groups is 2. The van der Waals surface area contributed by atoms with Crippen LogP contribution in [-0.4, -0.2) is 56.0 Å². The second kappa shape index (κ2) is 8.20. The van der Waals surface area contributed by atoms with E-state index in [1.54, 1.807) is 30.0 Å². The second-order valence-corrected chi connectivity index (χ2v) is 6.01. The minimum Gasteiger partial charge on any atom is -0.466 e. The molecule has 1 saturated heterocycles. The van der Waals surface area contributed by atoms with Gasteiger partial charge in [0.1, 0.15) is 0 Å². The average molecular weight is 349 g/mol. The summed E-state index contributed by atoms with van der Waals surface area (Å²) in [5.41, 5.74) is 0.506. The van der Waals surface area contributed by atoms with Gasteiger partial charge < -0.3 is 23.8 Å². The number of benzene rings is 1. The van der Waals surface area contributed by atoms with Crippen molar-refractivity contribution in [3.8, 4) is 11.5 Å². The molecule has 0 bridgehead atoms. The predicted octanol–water partition coefficient (Wildman–Crippen LogP) is 1.99. The van der Waals surface area contributed by atoms with E-state index >= 15 is 0 Å². The number of fused-ring (bicyclic) bond motifs is 1. The molecule has 7 heteroatoms. The van der Waals surface area contributed by atoms with Crippen molar-refractivity contribution in [2.75, 3.05) is 33.1 Å². The normalized spacial score (nSPS) is 18.2. The van der Waals surface area contributed by atoms with Crippen molar-refractivity contribution in [1.29, 1.82) is 0 Å². The summed E-state index contributed by atoms with van der Waals surface area (Å²) in [6.45, 7) is 3.74. The topological polar surface area (TPSA) is 74.3 Å². The van der Waals surface area contributed by atoms with Gasteiger partial charge >= 0.3 is 5.97 Å². The van der Waals surface area contributed by atoms with Crippen molar-refractivity contribution < 1.29 is 28.5 Å². The van der Waals surface area contributed by atoms with Crippen LogP contribution in [0.2, 0.25) is 0 Å². The Hall–Kier alpha value is -2.28. The van der Waals surface area contributed by atoms with Gasteiger partial charge in [0.05, 0.1) is 19.1 Å². The Morgan fingerprint density at radius 2 is 2.12 bits per heavy atom. The molecule has 1 fully saturated rings. The standard InChI is InChI=1S/C18H23NO6/c1-2-22-17(20)7-8-19(11-14-4-3-9-23-14)18(21)13-5-6-15-16(10-13)25-12-24-15/h5-6,10,14H,2-4,7-9,11-12H2,1H3. The van der Waals surface area contributed by atoms with Crippen molar-refractivity contribution in [1.82, 2.24) is 4.90 Å². The van der Waals surface area contributed by atoms with Gasteiger partial charge in [-0.25, -0.2) is 0 Å². The quantitative estimate of drug-likeness (QED) is 0.701. The summed E-state index contributed by atoms with van der Waals surface area (Å²) >= 11 is 0. The highest BCUT2D eigenvalue weighted by molar-refractivity contribution is 5.95. The molecule has 0 spiro atoms. The lowest BCUT2D eigenvalue weighted by Crippen LogP contribution is -2.39. The molecule has 7 nitrogen and oxygen atoms in total. The molecule has 1 amide bonds. The number of carbonyl (C=O) groups excluding carboxylic acids is 2. The first-order chi connectivity index (χ1) is 12.2. The van der Waals surface area contributed by atoms with Crippen LogP contribution >= 0.6 is 0 Å². The van der Waals surface area contributed by atoms with E-state index in [-0.39, 0.29) is 31.2 Å². The highest BCUT2D eigenvalue weighted by atomic mass is 16.7. The summed E-state index contributed by atoms with van der Waals surface area (Å²) in [6, 6.07) is 5.12. The molecule has 0 saturated carbocycles. The fraction of sp³-hybridized carbons (Fsp3) is 0.556. The van der Waals surface area contributed by atoms with E-state index in [1.165, 1.54) is 0 Å². The van der Waals surface area contributed by atoms with Gasteiger partial charge in [-0.1, -0.05) is 0 Å². The number of rotatable bonds is 7. The zero-order valence-corrected chi connectivity index (χ0v) is 14.4. The number of amides is 1. The zero-order chi connectivity index (χ0) is 17.6. The van der Waals surface area contributed by atoms with Crippen molar-refractivity contribution >= 4 is 11.9 Å². The van der Waals surface area contributed by atoms with Crippen LogP contribution in [0.15, 0.2) is 18.2 Å². The molecule has 1 aromatic carbocycles. The van der Waals surface area contributed by atoms with E-state index in [0.717, 1.165) is 12.8 Å². The van der Waals surface area contributed by atoms with Gasteiger partial charge in [0.2, 0.25) is 6.79 Å². The fourth-order valence-electron chi connectivity index (χ4n) is 2.98. The number of nitrogens with zero attached hydrogens (tertiary/aromatic N) is 1. The Morgan fingerprint density at radius 1 is 1.28 bits per heavy atom. The summed E-state index contributed by atoms with van der Waals surface area (Å²) in [5.74, 6) is 0.735. The van der Waals surface area contributed by atoms with Crippen molar-refractivity contribution in [3.05, 3.63) is 23.8 Å². The molecule has 2 aliphatic heterocycles. The van der Waals surface area contributed by atoms with Crippen molar-refractivity contribution in [3.63, 3.8) is 0 Å². The van der Waals surface area contributed by atoms with Gasteiger partial charge in [-0.05, 0) is 38.0 Å². The third-order valence-electron chi connectivity index (χ3n) is 4.25.